The van der Waals surface area contributed by atoms with Crippen molar-refractivity contribution in [1.29, 1.82) is 0 Å². The van der Waals surface area contributed by atoms with Gasteiger partial charge in [-0.15, -0.1) is 0 Å². The van der Waals surface area contributed by atoms with Gasteiger partial charge in [-0.05, 0) is 61.7 Å². The molecule has 0 saturated carbocycles. The maximum absolute atomic E-state index is 13.7. The van der Waals surface area contributed by atoms with Crippen molar-refractivity contribution in [3.63, 3.8) is 0 Å². The quantitative estimate of drug-likeness (QED) is 0.351. The Morgan fingerprint density at radius 2 is 1.59 bits per heavy atom. The van der Waals surface area contributed by atoms with Crippen LogP contribution in [-0.2, 0) is 26.2 Å². The van der Waals surface area contributed by atoms with Crippen molar-refractivity contribution in [3.05, 3.63) is 54.1 Å². The number of carbonyl (C=O) groups is 2. The van der Waals surface area contributed by atoms with Crippen molar-refractivity contribution in [2.75, 3.05) is 37.4 Å². The van der Waals surface area contributed by atoms with Crippen molar-refractivity contribution in [2.45, 2.75) is 52.6 Å². The van der Waals surface area contributed by atoms with Gasteiger partial charge in [-0.25, -0.2) is 8.42 Å². The summed E-state index contributed by atoms with van der Waals surface area (Å²) in [5, 5.41) is 2.91. The molecule has 0 bridgehead atoms. The third-order valence-corrected chi connectivity index (χ3v) is 6.98. The molecule has 0 aromatic heterocycles. The monoisotopic (exact) mass is 533 g/mol. The average Bonchev–Trinajstić information content (AvgIpc) is 2.87. The van der Waals surface area contributed by atoms with Gasteiger partial charge in [0, 0.05) is 13.1 Å². The lowest BCUT2D eigenvalue weighted by molar-refractivity contribution is -0.140. The Hall–Kier alpha value is -3.27. The second-order valence-electron chi connectivity index (χ2n) is 8.63. The van der Waals surface area contributed by atoms with Crippen molar-refractivity contribution in [1.82, 2.24) is 10.2 Å². The summed E-state index contributed by atoms with van der Waals surface area (Å²) in [6, 6.07) is 13.0. The molecule has 0 aliphatic rings. The van der Waals surface area contributed by atoms with Crippen LogP contribution in [-0.4, -0.2) is 64.2 Å². The highest BCUT2D eigenvalue weighted by molar-refractivity contribution is 7.92. The predicted octanol–water partition coefficient (Wildman–Crippen LogP) is 3.58. The number of methoxy groups -OCH3 is 1. The van der Waals surface area contributed by atoms with E-state index < -0.39 is 28.5 Å². The smallest absolute Gasteiger partial charge is 0.244 e. The summed E-state index contributed by atoms with van der Waals surface area (Å²) in [5.41, 5.74) is 1.13. The Morgan fingerprint density at radius 3 is 2.11 bits per heavy atom. The minimum atomic E-state index is -3.80. The third kappa shape index (κ3) is 8.96. The van der Waals surface area contributed by atoms with E-state index in [1.54, 1.807) is 43.5 Å². The SMILES string of the molecule is CCCCNC(=O)[C@@H](CC)N(Cc1ccc(OC)cc1)C(=O)CN(c1ccc(OCC)cc1)S(C)(=O)=O. The second-order valence-corrected chi connectivity index (χ2v) is 10.5. The third-order valence-electron chi connectivity index (χ3n) is 5.84. The standard InChI is InChI=1S/C27H39N3O6S/c1-6-9-18-28-27(32)25(7-2)29(19-21-10-14-23(35-4)15-11-21)26(31)20-30(37(5,33)34)22-12-16-24(17-13-22)36-8-3/h10-17,25H,6-9,18-20H2,1-5H3,(H,28,32)/t25-/m1/s1. The molecule has 204 valence electrons. The van der Waals surface area contributed by atoms with Crippen LogP contribution in [0, 0.1) is 0 Å². The highest BCUT2D eigenvalue weighted by Gasteiger charge is 2.31. The van der Waals surface area contributed by atoms with E-state index in [1.807, 2.05) is 32.9 Å². The fourth-order valence-corrected chi connectivity index (χ4v) is 4.69. The van der Waals surface area contributed by atoms with Gasteiger partial charge < -0.3 is 19.7 Å². The van der Waals surface area contributed by atoms with Gasteiger partial charge in [0.25, 0.3) is 0 Å². The number of carbonyl (C=O) groups excluding carboxylic acids is 2. The van der Waals surface area contributed by atoms with Gasteiger partial charge in [0.1, 0.15) is 24.1 Å². The average molecular weight is 534 g/mol. The Kier molecular flexibility index (Phi) is 11.7. The summed E-state index contributed by atoms with van der Waals surface area (Å²) < 4.78 is 37.1. The van der Waals surface area contributed by atoms with E-state index >= 15 is 0 Å². The number of hydrogen-bond donors (Lipinski definition) is 1. The van der Waals surface area contributed by atoms with Crippen LogP contribution in [0.2, 0.25) is 0 Å². The molecule has 2 aromatic rings. The number of unbranched alkanes of at least 4 members (excludes halogenated alkanes) is 1. The molecular formula is C27H39N3O6S. The van der Waals surface area contributed by atoms with E-state index in [0.717, 1.165) is 29.0 Å². The lowest BCUT2D eigenvalue weighted by Crippen LogP contribution is -2.52. The van der Waals surface area contributed by atoms with Crippen LogP contribution in [0.5, 0.6) is 11.5 Å². The lowest BCUT2D eigenvalue weighted by atomic mass is 10.1. The summed E-state index contributed by atoms with van der Waals surface area (Å²) in [4.78, 5) is 28.2. The molecule has 0 radical (unpaired) electrons. The fraction of sp³-hybridized carbons (Fsp3) is 0.481. The predicted molar refractivity (Wildman–Crippen MR) is 145 cm³/mol. The van der Waals surface area contributed by atoms with Gasteiger partial charge in [0.15, 0.2) is 0 Å². The van der Waals surface area contributed by atoms with Crippen LogP contribution >= 0.6 is 0 Å². The molecule has 2 aromatic carbocycles. The molecule has 0 aliphatic carbocycles. The molecule has 2 amide bonds. The van der Waals surface area contributed by atoms with E-state index in [-0.39, 0.29) is 12.5 Å². The summed E-state index contributed by atoms with van der Waals surface area (Å²) in [5.74, 6) is 0.532. The normalized spacial score (nSPS) is 11.9. The van der Waals surface area contributed by atoms with E-state index in [4.69, 9.17) is 9.47 Å². The minimum absolute atomic E-state index is 0.142. The largest absolute Gasteiger partial charge is 0.497 e. The Morgan fingerprint density at radius 1 is 0.973 bits per heavy atom. The fourth-order valence-electron chi connectivity index (χ4n) is 3.84. The maximum atomic E-state index is 13.7. The zero-order valence-electron chi connectivity index (χ0n) is 22.4. The number of anilines is 1. The van der Waals surface area contributed by atoms with E-state index in [2.05, 4.69) is 5.32 Å². The van der Waals surface area contributed by atoms with Gasteiger partial charge in [0.05, 0.1) is 25.7 Å². The maximum Gasteiger partial charge on any atom is 0.244 e. The number of amides is 2. The number of nitrogens with one attached hydrogen (secondary N) is 1. The van der Waals surface area contributed by atoms with Crippen LogP contribution in [0.3, 0.4) is 0 Å². The molecule has 0 fully saturated rings. The van der Waals surface area contributed by atoms with E-state index in [0.29, 0.717) is 36.8 Å². The highest BCUT2D eigenvalue weighted by atomic mass is 32.2. The van der Waals surface area contributed by atoms with Crippen molar-refractivity contribution < 1.29 is 27.5 Å². The number of sulfonamides is 1. The van der Waals surface area contributed by atoms with Crippen LogP contribution < -0.4 is 19.1 Å². The molecule has 0 aliphatic heterocycles. The van der Waals surface area contributed by atoms with Crippen LogP contribution in [0.15, 0.2) is 48.5 Å². The first-order valence-corrected chi connectivity index (χ1v) is 14.4. The molecule has 1 N–H and O–H groups in total. The van der Waals surface area contributed by atoms with Crippen LogP contribution in [0.4, 0.5) is 5.69 Å². The summed E-state index contributed by atoms with van der Waals surface area (Å²) in [7, 11) is -2.23. The van der Waals surface area contributed by atoms with Crippen LogP contribution in [0.25, 0.3) is 0 Å². The molecule has 0 spiro atoms. The molecule has 0 heterocycles. The molecule has 1 atom stereocenters. The second kappa shape index (κ2) is 14.5. The first-order chi connectivity index (χ1) is 17.6. The van der Waals surface area contributed by atoms with Gasteiger partial charge in [0.2, 0.25) is 21.8 Å². The number of benzene rings is 2. The zero-order chi connectivity index (χ0) is 27.4. The number of nitrogens with zero attached hydrogens (tertiary/aromatic N) is 2. The summed E-state index contributed by atoms with van der Waals surface area (Å²) in [6.07, 6.45) is 3.19. The summed E-state index contributed by atoms with van der Waals surface area (Å²) in [6.45, 7) is 6.41. The summed E-state index contributed by atoms with van der Waals surface area (Å²) >= 11 is 0. The van der Waals surface area contributed by atoms with E-state index in [9.17, 15) is 18.0 Å². The Bertz CT molecular complexity index is 1100. The van der Waals surface area contributed by atoms with Crippen LogP contribution in [0.1, 0.15) is 45.6 Å². The van der Waals surface area contributed by atoms with Crippen molar-refractivity contribution in [2.24, 2.45) is 0 Å². The lowest BCUT2D eigenvalue weighted by Gasteiger charge is -2.33. The molecular weight excluding hydrogens is 494 g/mol. The van der Waals surface area contributed by atoms with E-state index in [1.165, 1.54) is 4.90 Å². The first kappa shape index (κ1) is 30.0. The Labute approximate surface area is 220 Å². The number of ether oxygens (including phenoxy) is 2. The Balaban J connectivity index is 2.38. The molecule has 37 heavy (non-hydrogen) atoms. The number of rotatable bonds is 15. The first-order valence-electron chi connectivity index (χ1n) is 12.5. The highest BCUT2D eigenvalue weighted by Crippen LogP contribution is 2.23. The van der Waals surface area contributed by atoms with Crippen molar-refractivity contribution in [3.8, 4) is 11.5 Å². The minimum Gasteiger partial charge on any atom is -0.497 e. The van der Waals surface area contributed by atoms with Gasteiger partial charge in [-0.1, -0.05) is 32.4 Å². The van der Waals surface area contributed by atoms with Crippen molar-refractivity contribution >= 4 is 27.5 Å². The molecule has 0 unspecified atom stereocenters. The molecule has 2 rings (SSSR count). The topological polar surface area (TPSA) is 105 Å². The molecule has 0 saturated heterocycles. The molecule has 10 heteroatoms. The van der Waals surface area contributed by atoms with Gasteiger partial charge in [-0.3, -0.25) is 13.9 Å². The number of hydrogen-bond acceptors (Lipinski definition) is 6. The van der Waals surface area contributed by atoms with Gasteiger partial charge in [-0.2, -0.15) is 0 Å². The van der Waals surface area contributed by atoms with Gasteiger partial charge >= 0.3 is 0 Å². The molecule has 9 nitrogen and oxygen atoms in total. The zero-order valence-corrected chi connectivity index (χ0v) is 23.2.